The van der Waals surface area contributed by atoms with Crippen LogP contribution in [0, 0.1) is 13.8 Å². The number of pyridine rings is 1. The molecule has 5 rings (SSSR count). The highest BCUT2D eigenvalue weighted by atomic mass is 16.5. The van der Waals surface area contributed by atoms with E-state index in [4.69, 9.17) is 4.74 Å². The molecule has 0 atom stereocenters. The second-order valence-corrected chi connectivity index (χ2v) is 6.97. The topological polar surface area (TPSA) is 79.8 Å². The molecule has 4 aromatic rings. The van der Waals surface area contributed by atoms with Crippen LogP contribution in [0.5, 0.6) is 5.75 Å². The molecule has 4 heterocycles. The van der Waals surface area contributed by atoms with Crippen LogP contribution in [-0.2, 0) is 6.54 Å². The van der Waals surface area contributed by atoms with E-state index in [9.17, 15) is 0 Å². The van der Waals surface area contributed by atoms with Crippen molar-refractivity contribution in [3.8, 4) is 16.9 Å². The molecule has 140 valence electrons. The summed E-state index contributed by atoms with van der Waals surface area (Å²) in [6.07, 6.45) is 3.67. The van der Waals surface area contributed by atoms with Gasteiger partial charge in [0, 0.05) is 30.1 Å². The van der Waals surface area contributed by atoms with Crippen molar-refractivity contribution in [1.82, 2.24) is 24.9 Å². The summed E-state index contributed by atoms with van der Waals surface area (Å²) in [5.74, 6) is 3.48. The molecule has 1 N–H and O–H groups in total. The zero-order valence-electron chi connectivity index (χ0n) is 15.8. The maximum atomic E-state index is 5.98. The van der Waals surface area contributed by atoms with Gasteiger partial charge in [-0.3, -0.25) is 0 Å². The minimum atomic E-state index is 0.621. The lowest BCUT2D eigenvalue weighted by atomic mass is 10.0. The SMILES string of the molecule is Cc1nccc(N2CCOc3ccc(-c4cnc5nc(C)[nH]c5c4)cc3C2)n1. The van der Waals surface area contributed by atoms with Crippen LogP contribution in [0.2, 0.25) is 0 Å². The van der Waals surface area contributed by atoms with Crippen molar-refractivity contribution in [2.24, 2.45) is 0 Å². The van der Waals surface area contributed by atoms with Gasteiger partial charge in [-0.1, -0.05) is 6.07 Å². The molecule has 0 radical (unpaired) electrons. The van der Waals surface area contributed by atoms with E-state index in [0.717, 1.165) is 64.2 Å². The van der Waals surface area contributed by atoms with Gasteiger partial charge in [0.25, 0.3) is 0 Å². The maximum Gasteiger partial charge on any atom is 0.177 e. The summed E-state index contributed by atoms with van der Waals surface area (Å²) in [4.78, 5) is 23.1. The number of imidazole rings is 1. The summed E-state index contributed by atoms with van der Waals surface area (Å²) in [6, 6.07) is 10.3. The van der Waals surface area contributed by atoms with Crippen LogP contribution in [0.4, 0.5) is 5.82 Å². The second-order valence-electron chi connectivity index (χ2n) is 6.97. The number of nitrogens with one attached hydrogen (secondary N) is 1. The van der Waals surface area contributed by atoms with Crippen LogP contribution in [0.1, 0.15) is 17.2 Å². The summed E-state index contributed by atoms with van der Waals surface area (Å²) >= 11 is 0. The molecule has 0 saturated carbocycles. The lowest BCUT2D eigenvalue weighted by Crippen LogP contribution is -2.26. The highest BCUT2D eigenvalue weighted by molar-refractivity contribution is 5.78. The van der Waals surface area contributed by atoms with Crippen molar-refractivity contribution in [3.63, 3.8) is 0 Å². The second kappa shape index (κ2) is 6.60. The minimum Gasteiger partial charge on any atom is -0.491 e. The van der Waals surface area contributed by atoms with E-state index < -0.39 is 0 Å². The fourth-order valence-electron chi connectivity index (χ4n) is 3.57. The van der Waals surface area contributed by atoms with Gasteiger partial charge in [0.05, 0.1) is 12.1 Å². The van der Waals surface area contributed by atoms with Crippen molar-refractivity contribution in [3.05, 3.63) is 59.9 Å². The number of nitrogens with zero attached hydrogens (tertiary/aromatic N) is 5. The molecule has 1 aliphatic rings. The number of fused-ring (bicyclic) bond motifs is 2. The third kappa shape index (κ3) is 3.05. The zero-order valence-corrected chi connectivity index (χ0v) is 15.8. The van der Waals surface area contributed by atoms with Gasteiger partial charge in [-0.25, -0.2) is 19.9 Å². The van der Waals surface area contributed by atoms with Gasteiger partial charge in [-0.05, 0) is 43.7 Å². The first kappa shape index (κ1) is 16.7. The molecule has 0 unspecified atom stereocenters. The Labute approximate surface area is 162 Å². The first-order valence-electron chi connectivity index (χ1n) is 9.29. The van der Waals surface area contributed by atoms with Gasteiger partial charge in [0.2, 0.25) is 0 Å². The minimum absolute atomic E-state index is 0.621. The van der Waals surface area contributed by atoms with E-state index >= 15 is 0 Å². The zero-order chi connectivity index (χ0) is 19.1. The van der Waals surface area contributed by atoms with Gasteiger partial charge in [-0.2, -0.15) is 0 Å². The normalized spacial score (nSPS) is 13.9. The number of ether oxygens (including phenoxy) is 1. The fraction of sp³-hybridized carbons (Fsp3) is 0.238. The standard InChI is InChI=1S/C21H20N6O/c1-13-22-6-5-20(25-13)27-7-8-28-19-4-3-15(9-17(19)12-27)16-10-18-21(23-11-16)26-14(2)24-18/h3-6,9-11H,7-8,12H2,1-2H3,(H,23,24,26). The number of aromatic amines is 1. The molecule has 28 heavy (non-hydrogen) atoms. The lowest BCUT2D eigenvalue weighted by molar-refractivity contribution is 0.331. The fourth-order valence-corrected chi connectivity index (χ4v) is 3.57. The number of benzene rings is 1. The molecular formula is C21H20N6O. The van der Waals surface area contributed by atoms with Crippen molar-refractivity contribution >= 4 is 17.0 Å². The molecule has 0 spiro atoms. The van der Waals surface area contributed by atoms with Gasteiger partial charge in [-0.15, -0.1) is 0 Å². The van der Waals surface area contributed by atoms with Gasteiger partial charge in [0.1, 0.15) is 29.8 Å². The Bertz CT molecular complexity index is 1170. The quantitative estimate of drug-likeness (QED) is 0.581. The van der Waals surface area contributed by atoms with Crippen molar-refractivity contribution in [2.75, 3.05) is 18.1 Å². The van der Waals surface area contributed by atoms with Crippen LogP contribution in [-0.4, -0.2) is 38.1 Å². The highest BCUT2D eigenvalue weighted by Gasteiger charge is 2.18. The van der Waals surface area contributed by atoms with E-state index in [0.29, 0.717) is 6.61 Å². The van der Waals surface area contributed by atoms with E-state index in [-0.39, 0.29) is 0 Å². The average molecular weight is 372 g/mol. The summed E-state index contributed by atoms with van der Waals surface area (Å²) in [5, 5.41) is 0. The van der Waals surface area contributed by atoms with E-state index in [2.05, 4.69) is 48.0 Å². The Kier molecular flexibility index (Phi) is 3.93. The molecule has 1 aromatic carbocycles. The smallest absolute Gasteiger partial charge is 0.177 e. The molecule has 0 amide bonds. The Morgan fingerprint density at radius 2 is 1.96 bits per heavy atom. The number of hydrogen-bond donors (Lipinski definition) is 1. The Hall–Kier alpha value is -3.48. The van der Waals surface area contributed by atoms with Crippen LogP contribution >= 0.6 is 0 Å². The largest absolute Gasteiger partial charge is 0.491 e. The number of hydrogen-bond acceptors (Lipinski definition) is 6. The monoisotopic (exact) mass is 372 g/mol. The Balaban J connectivity index is 1.51. The van der Waals surface area contributed by atoms with Gasteiger partial charge < -0.3 is 14.6 Å². The van der Waals surface area contributed by atoms with Crippen LogP contribution in [0.15, 0.2) is 42.7 Å². The highest BCUT2D eigenvalue weighted by Crippen LogP contribution is 2.31. The van der Waals surface area contributed by atoms with E-state index in [1.165, 1.54) is 0 Å². The summed E-state index contributed by atoms with van der Waals surface area (Å²) in [7, 11) is 0. The predicted molar refractivity (Wildman–Crippen MR) is 107 cm³/mol. The van der Waals surface area contributed by atoms with E-state index in [1.807, 2.05) is 32.2 Å². The average Bonchev–Trinajstić information content (AvgIpc) is 2.93. The van der Waals surface area contributed by atoms with Crippen molar-refractivity contribution < 1.29 is 4.74 Å². The summed E-state index contributed by atoms with van der Waals surface area (Å²) in [6.45, 7) is 5.98. The third-order valence-electron chi connectivity index (χ3n) is 4.91. The molecule has 7 heteroatoms. The van der Waals surface area contributed by atoms with Crippen LogP contribution < -0.4 is 9.64 Å². The third-order valence-corrected chi connectivity index (χ3v) is 4.91. The molecular weight excluding hydrogens is 352 g/mol. The number of H-pyrrole nitrogens is 1. The Morgan fingerprint density at radius 3 is 2.86 bits per heavy atom. The van der Waals surface area contributed by atoms with Crippen LogP contribution in [0.3, 0.4) is 0 Å². The summed E-state index contributed by atoms with van der Waals surface area (Å²) < 4.78 is 5.98. The molecule has 0 saturated heterocycles. The van der Waals surface area contributed by atoms with Crippen molar-refractivity contribution in [1.29, 1.82) is 0 Å². The first-order valence-corrected chi connectivity index (χ1v) is 9.29. The maximum absolute atomic E-state index is 5.98. The van der Waals surface area contributed by atoms with Crippen LogP contribution in [0.25, 0.3) is 22.3 Å². The van der Waals surface area contributed by atoms with Gasteiger partial charge >= 0.3 is 0 Å². The number of aryl methyl sites for hydroxylation is 2. The predicted octanol–water partition coefficient (Wildman–Crippen LogP) is 3.43. The summed E-state index contributed by atoms with van der Waals surface area (Å²) in [5.41, 5.74) is 4.97. The van der Waals surface area contributed by atoms with E-state index in [1.54, 1.807) is 6.20 Å². The number of aromatic nitrogens is 5. The van der Waals surface area contributed by atoms with Crippen molar-refractivity contribution in [2.45, 2.75) is 20.4 Å². The molecule has 0 fully saturated rings. The molecule has 1 aliphatic heterocycles. The molecule has 0 aliphatic carbocycles. The Morgan fingerprint density at radius 1 is 1.04 bits per heavy atom. The molecule has 7 nitrogen and oxygen atoms in total. The lowest BCUT2D eigenvalue weighted by Gasteiger charge is -2.21. The molecule has 0 bridgehead atoms. The van der Waals surface area contributed by atoms with Gasteiger partial charge in [0.15, 0.2) is 5.65 Å². The number of rotatable bonds is 2. The first-order chi connectivity index (χ1) is 13.7. The number of anilines is 1. The molecule has 3 aromatic heterocycles.